The molecule has 2 unspecified atom stereocenters. The Morgan fingerprint density at radius 3 is 1.50 bits per heavy atom. The maximum atomic E-state index is 11.4. The molecular formula is C12H14N2O8. The number of carboxylic acids is 2. The molecule has 120 valence electrons. The van der Waals surface area contributed by atoms with Crippen molar-refractivity contribution in [3.05, 3.63) is 11.1 Å². The molecule has 0 radical (unpaired) electrons. The Morgan fingerprint density at radius 2 is 1.27 bits per heavy atom. The summed E-state index contributed by atoms with van der Waals surface area (Å²) in [7, 11) is 0. The highest BCUT2D eigenvalue weighted by molar-refractivity contribution is 5.99. The number of amides is 2. The van der Waals surface area contributed by atoms with Crippen molar-refractivity contribution in [2.45, 2.75) is 24.9 Å². The minimum absolute atomic E-state index is 0.0359. The fourth-order valence-corrected chi connectivity index (χ4v) is 2.24. The van der Waals surface area contributed by atoms with Gasteiger partial charge in [-0.25, -0.2) is 19.2 Å². The van der Waals surface area contributed by atoms with Gasteiger partial charge in [0.2, 0.25) is 0 Å². The van der Waals surface area contributed by atoms with Crippen LogP contribution in [-0.2, 0) is 19.1 Å². The van der Waals surface area contributed by atoms with Crippen LogP contribution in [0.15, 0.2) is 11.1 Å². The molecule has 0 saturated carbocycles. The molecule has 10 nitrogen and oxygen atoms in total. The first kappa shape index (κ1) is 15.6. The van der Waals surface area contributed by atoms with Crippen molar-refractivity contribution < 1.29 is 38.9 Å². The van der Waals surface area contributed by atoms with Gasteiger partial charge in [-0.15, -0.1) is 0 Å². The largest absolute Gasteiger partial charge is 0.478 e. The Bertz CT molecular complexity index is 507. The average Bonchev–Trinajstić information content (AvgIpc) is 3.02. The van der Waals surface area contributed by atoms with Gasteiger partial charge in [0.05, 0.1) is 12.1 Å². The lowest BCUT2D eigenvalue weighted by molar-refractivity contribution is -0.136. The summed E-state index contributed by atoms with van der Waals surface area (Å²) >= 11 is 0. The summed E-state index contributed by atoms with van der Waals surface area (Å²) in [5.74, 6) is -2.80. The van der Waals surface area contributed by atoms with E-state index in [0.29, 0.717) is 0 Å². The van der Waals surface area contributed by atoms with Gasteiger partial charge in [-0.05, 0) is 0 Å². The van der Waals surface area contributed by atoms with Gasteiger partial charge in [0.1, 0.15) is 13.2 Å². The highest BCUT2D eigenvalue weighted by Gasteiger charge is 2.31. The Morgan fingerprint density at radius 1 is 0.909 bits per heavy atom. The van der Waals surface area contributed by atoms with Crippen LogP contribution in [0.5, 0.6) is 0 Å². The van der Waals surface area contributed by atoms with Gasteiger partial charge >= 0.3 is 24.1 Å². The third-order valence-electron chi connectivity index (χ3n) is 3.26. The van der Waals surface area contributed by atoms with Gasteiger partial charge in [-0.1, -0.05) is 0 Å². The van der Waals surface area contributed by atoms with Crippen molar-refractivity contribution in [2.75, 3.05) is 13.2 Å². The van der Waals surface area contributed by atoms with Gasteiger partial charge < -0.3 is 30.3 Å². The zero-order chi connectivity index (χ0) is 16.3. The van der Waals surface area contributed by atoms with Crippen molar-refractivity contribution >= 4 is 24.1 Å². The number of aliphatic carboxylic acids is 2. The molecule has 2 rings (SSSR count). The van der Waals surface area contributed by atoms with E-state index in [1.807, 2.05) is 0 Å². The van der Waals surface area contributed by atoms with Gasteiger partial charge in [-0.2, -0.15) is 0 Å². The summed E-state index contributed by atoms with van der Waals surface area (Å²) in [5.41, 5.74) is -0.686. The predicted octanol–water partition coefficient (Wildman–Crippen LogP) is -0.551. The van der Waals surface area contributed by atoms with Crippen LogP contribution in [0, 0.1) is 0 Å². The number of nitrogens with one attached hydrogen (secondary N) is 2. The van der Waals surface area contributed by atoms with Gasteiger partial charge in [0.25, 0.3) is 0 Å². The van der Waals surface area contributed by atoms with Crippen LogP contribution in [0.1, 0.15) is 12.8 Å². The lowest BCUT2D eigenvalue weighted by Crippen LogP contribution is -2.31. The van der Waals surface area contributed by atoms with E-state index in [1.165, 1.54) is 0 Å². The summed E-state index contributed by atoms with van der Waals surface area (Å²) < 4.78 is 9.29. The molecule has 0 spiro atoms. The summed E-state index contributed by atoms with van der Waals surface area (Å²) in [6.45, 7) is -0.0718. The van der Waals surface area contributed by atoms with Crippen LogP contribution in [0.4, 0.5) is 9.59 Å². The van der Waals surface area contributed by atoms with Crippen molar-refractivity contribution in [1.82, 2.24) is 10.6 Å². The maximum absolute atomic E-state index is 11.4. The van der Waals surface area contributed by atoms with E-state index in [0.717, 1.165) is 0 Å². The van der Waals surface area contributed by atoms with Crippen LogP contribution < -0.4 is 10.6 Å². The van der Waals surface area contributed by atoms with E-state index in [4.69, 9.17) is 0 Å². The molecule has 0 aliphatic carbocycles. The topological polar surface area (TPSA) is 151 Å². The Labute approximate surface area is 124 Å². The Hall–Kier alpha value is -2.78. The van der Waals surface area contributed by atoms with Crippen molar-refractivity contribution in [3.63, 3.8) is 0 Å². The Balaban J connectivity index is 2.18. The summed E-state index contributed by atoms with van der Waals surface area (Å²) in [5, 5.41) is 23.3. The standard InChI is InChI=1S/C12H14N2O8/c15-9(16)7(1-5-3-21-11(19)13-5)8(10(17)18)2-6-4-22-12(20)14-6/h5-6H,1-4H2,(H,13,19)(H,14,20)(H,15,16)(H,17,18). The first-order valence-corrected chi connectivity index (χ1v) is 6.42. The van der Waals surface area contributed by atoms with E-state index in [9.17, 15) is 29.4 Å². The lowest BCUT2D eigenvalue weighted by atomic mass is 9.96. The number of ether oxygens (including phenoxy) is 2. The van der Waals surface area contributed by atoms with Gasteiger partial charge in [0.15, 0.2) is 0 Å². The predicted molar refractivity (Wildman–Crippen MR) is 68.1 cm³/mol. The molecular weight excluding hydrogens is 300 g/mol. The molecule has 2 heterocycles. The first-order chi connectivity index (χ1) is 10.4. The number of rotatable bonds is 6. The number of hydrogen-bond acceptors (Lipinski definition) is 6. The molecule has 2 saturated heterocycles. The number of hydrogen-bond donors (Lipinski definition) is 4. The molecule has 0 bridgehead atoms. The zero-order valence-electron chi connectivity index (χ0n) is 11.3. The van der Waals surface area contributed by atoms with Crippen LogP contribution in [-0.4, -0.2) is 59.6 Å². The van der Waals surface area contributed by atoms with Gasteiger partial charge in [0, 0.05) is 24.0 Å². The number of cyclic esters (lactones) is 2. The van der Waals surface area contributed by atoms with Crippen molar-refractivity contribution in [3.8, 4) is 0 Å². The molecule has 2 fully saturated rings. The van der Waals surface area contributed by atoms with Crippen LogP contribution >= 0.6 is 0 Å². The molecule has 22 heavy (non-hydrogen) atoms. The molecule has 2 atom stereocenters. The second-order valence-electron chi connectivity index (χ2n) is 4.86. The normalized spacial score (nSPS) is 24.7. The molecule has 2 amide bonds. The smallest absolute Gasteiger partial charge is 0.407 e. The second kappa shape index (κ2) is 6.33. The first-order valence-electron chi connectivity index (χ1n) is 6.42. The maximum Gasteiger partial charge on any atom is 0.407 e. The molecule has 4 N–H and O–H groups in total. The quantitative estimate of drug-likeness (QED) is 0.477. The molecule has 0 aromatic carbocycles. The van der Waals surface area contributed by atoms with E-state index in [-0.39, 0.29) is 37.2 Å². The summed E-state index contributed by atoms with van der Waals surface area (Å²) in [6.07, 6.45) is -1.74. The molecule has 0 aromatic rings. The molecule has 2 aliphatic rings. The molecule has 2 aliphatic heterocycles. The van der Waals surface area contributed by atoms with Crippen molar-refractivity contribution in [2.24, 2.45) is 0 Å². The minimum Gasteiger partial charge on any atom is -0.478 e. The van der Waals surface area contributed by atoms with Crippen LogP contribution in [0.2, 0.25) is 0 Å². The molecule has 0 aromatic heterocycles. The summed E-state index contributed by atoms with van der Waals surface area (Å²) in [6, 6.07) is -1.22. The number of carbonyl (C=O) groups excluding carboxylic acids is 2. The van der Waals surface area contributed by atoms with Gasteiger partial charge in [-0.3, -0.25) is 0 Å². The lowest BCUT2D eigenvalue weighted by Gasteiger charge is -2.14. The van der Waals surface area contributed by atoms with Crippen molar-refractivity contribution in [1.29, 1.82) is 0 Å². The fraction of sp³-hybridized carbons (Fsp3) is 0.500. The number of carboxylic acid groups (broad SMARTS) is 2. The van der Waals surface area contributed by atoms with E-state index in [1.54, 1.807) is 0 Å². The zero-order valence-corrected chi connectivity index (χ0v) is 11.3. The van der Waals surface area contributed by atoms with E-state index in [2.05, 4.69) is 20.1 Å². The highest BCUT2D eigenvalue weighted by atomic mass is 16.6. The van der Waals surface area contributed by atoms with E-state index < -0.39 is 36.2 Å². The number of carbonyl (C=O) groups is 4. The Kier molecular flexibility index (Phi) is 4.49. The highest BCUT2D eigenvalue weighted by Crippen LogP contribution is 2.20. The van der Waals surface area contributed by atoms with E-state index >= 15 is 0 Å². The van der Waals surface area contributed by atoms with Crippen LogP contribution in [0.25, 0.3) is 0 Å². The number of alkyl carbamates (subject to hydrolysis) is 2. The second-order valence-corrected chi connectivity index (χ2v) is 4.86. The molecule has 10 heteroatoms. The SMILES string of the molecule is O=C1NC(CC(C(=O)O)=C(CC2COC(=O)N2)C(=O)O)CO1. The third kappa shape index (κ3) is 3.65. The third-order valence-corrected chi connectivity index (χ3v) is 3.26. The monoisotopic (exact) mass is 314 g/mol. The average molecular weight is 314 g/mol. The minimum atomic E-state index is -1.40. The van der Waals surface area contributed by atoms with Crippen LogP contribution in [0.3, 0.4) is 0 Å². The fourth-order valence-electron chi connectivity index (χ4n) is 2.24. The summed E-state index contributed by atoms with van der Waals surface area (Å²) in [4.78, 5) is 44.6.